The zero-order chi connectivity index (χ0) is 16.3. The third-order valence-electron chi connectivity index (χ3n) is 4.75. The van der Waals surface area contributed by atoms with Crippen LogP contribution in [0.1, 0.15) is 67.7 Å². The van der Waals surface area contributed by atoms with Crippen molar-refractivity contribution < 1.29 is 14.3 Å². The first-order valence-electron chi connectivity index (χ1n) is 8.21. The van der Waals surface area contributed by atoms with E-state index in [9.17, 15) is 9.59 Å². The number of hydrogen-bond acceptors (Lipinski definition) is 3. The summed E-state index contributed by atoms with van der Waals surface area (Å²) in [5.74, 6) is 1.01. The van der Waals surface area contributed by atoms with Gasteiger partial charge in [0.2, 0.25) is 0 Å². The van der Waals surface area contributed by atoms with E-state index in [1.807, 2.05) is 0 Å². The van der Waals surface area contributed by atoms with Crippen LogP contribution in [0.15, 0.2) is 24.3 Å². The predicted molar refractivity (Wildman–Crippen MR) is 87.0 cm³/mol. The van der Waals surface area contributed by atoms with Gasteiger partial charge < -0.3 is 4.74 Å². The predicted octanol–water partition coefficient (Wildman–Crippen LogP) is 4.51. The van der Waals surface area contributed by atoms with Crippen molar-refractivity contribution in [3.8, 4) is 0 Å². The van der Waals surface area contributed by atoms with Crippen LogP contribution in [0.4, 0.5) is 0 Å². The number of carbonyl (C=O) groups is 2. The SMILES string of the molecule is CC(=O)c1ccccc1C(=O)O[C@@H]1C[C@H](C)CC[C@H]1C(C)C. The Morgan fingerprint density at radius 3 is 2.36 bits per heavy atom. The van der Waals surface area contributed by atoms with Gasteiger partial charge >= 0.3 is 5.97 Å². The Bertz CT molecular complexity index is 547. The molecule has 0 saturated heterocycles. The van der Waals surface area contributed by atoms with E-state index in [1.54, 1.807) is 24.3 Å². The molecule has 3 atom stereocenters. The van der Waals surface area contributed by atoms with Crippen molar-refractivity contribution in [3.05, 3.63) is 35.4 Å². The van der Waals surface area contributed by atoms with Crippen LogP contribution >= 0.6 is 0 Å². The van der Waals surface area contributed by atoms with Crippen LogP contribution < -0.4 is 0 Å². The maximum absolute atomic E-state index is 12.5. The first-order chi connectivity index (χ1) is 10.4. The summed E-state index contributed by atoms with van der Waals surface area (Å²) < 4.78 is 5.82. The molecule has 1 aliphatic rings. The number of esters is 1. The number of ketones is 1. The van der Waals surface area contributed by atoms with Gasteiger partial charge in [0.1, 0.15) is 6.10 Å². The summed E-state index contributed by atoms with van der Waals surface area (Å²) in [7, 11) is 0. The highest BCUT2D eigenvalue weighted by atomic mass is 16.5. The second kappa shape index (κ2) is 7.08. The molecule has 120 valence electrons. The van der Waals surface area contributed by atoms with E-state index in [2.05, 4.69) is 20.8 Å². The minimum absolute atomic E-state index is 0.0451. The van der Waals surface area contributed by atoms with E-state index in [1.165, 1.54) is 13.3 Å². The van der Waals surface area contributed by atoms with Crippen LogP contribution in [-0.4, -0.2) is 17.9 Å². The van der Waals surface area contributed by atoms with Crippen LogP contribution in [0.5, 0.6) is 0 Å². The Morgan fingerprint density at radius 1 is 1.14 bits per heavy atom. The molecule has 0 spiro atoms. The number of benzene rings is 1. The molecule has 0 unspecified atom stereocenters. The first-order valence-corrected chi connectivity index (χ1v) is 8.21. The molecule has 1 aromatic rings. The quantitative estimate of drug-likeness (QED) is 0.607. The maximum Gasteiger partial charge on any atom is 0.339 e. The number of rotatable bonds is 4. The summed E-state index contributed by atoms with van der Waals surface area (Å²) in [6.07, 6.45) is 3.17. The lowest BCUT2D eigenvalue weighted by molar-refractivity contribution is -0.0175. The summed E-state index contributed by atoms with van der Waals surface area (Å²) in [4.78, 5) is 24.2. The number of carbonyl (C=O) groups excluding carboxylic acids is 2. The molecule has 1 fully saturated rings. The Labute approximate surface area is 133 Å². The summed E-state index contributed by atoms with van der Waals surface area (Å²) in [5, 5.41) is 0. The van der Waals surface area contributed by atoms with E-state index >= 15 is 0 Å². The van der Waals surface area contributed by atoms with Gasteiger partial charge in [0.05, 0.1) is 5.56 Å². The molecule has 0 N–H and O–H groups in total. The molecule has 3 nitrogen and oxygen atoms in total. The minimum Gasteiger partial charge on any atom is -0.458 e. The molecule has 0 radical (unpaired) electrons. The highest BCUT2D eigenvalue weighted by Gasteiger charge is 2.34. The zero-order valence-electron chi connectivity index (χ0n) is 14.0. The summed E-state index contributed by atoms with van der Waals surface area (Å²) in [5.41, 5.74) is 0.827. The van der Waals surface area contributed by atoms with Crippen LogP contribution in [0.25, 0.3) is 0 Å². The van der Waals surface area contributed by atoms with Gasteiger partial charge in [-0.25, -0.2) is 4.79 Å². The number of ether oxygens (including phenoxy) is 1. The fourth-order valence-electron chi connectivity index (χ4n) is 3.42. The lowest BCUT2D eigenvalue weighted by Gasteiger charge is -2.36. The van der Waals surface area contributed by atoms with Gasteiger partial charge in [-0.3, -0.25) is 4.79 Å². The molecule has 0 amide bonds. The fraction of sp³-hybridized carbons (Fsp3) is 0.579. The van der Waals surface area contributed by atoms with Crippen LogP contribution in [0.3, 0.4) is 0 Å². The van der Waals surface area contributed by atoms with Crippen molar-refractivity contribution in [2.24, 2.45) is 17.8 Å². The molecular formula is C19H26O3. The van der Waals surface area contributed by atoms with Crippen molar-refractivity contribution in [2.75, 3.05) is 0 Å². The molecule has 1 aliphatic carbocycles. The molecule has 0 aromatic heterocycles. The Kier molecular flexibility index (Phi) is 5.38. The molecule has 2 rings (SSSR count). The summed E-state index contributed by atoms with van der Waals surface area (Å²) in [6.45, 7) is 8.06. The van der Waals surface area contributed by atoms with Crippen LogP contribution in [-0.2, 0) is 4.74 Å². The zero-order valence-corrected chi connectivity index (χ0v) is 14.0. The van der Waals surface area contributed by atoms with Gasteiger partial charge in [0.15, 0.2) is 5.78 Å². The van der Waals surface area contributed by atoms with Crippen molar-refractivity contribution in [1.82, 2.24) is 0 Å². The van der Waals surface area contributed by atoms with E-state index in [0.717, 1.165) is 12.8 Å². The lowest BCUT2D eigenvalue weighted by Crippen LogP contribution is -2.36. The fourth-order valence-corrected chi connectivity index (χ4v) is 3.42. The van der Waals surface area contributed by atoms with Gasteiger partial charge in [0.25, 0.3) is 0 Å². The van der Waals surface area contributed by atoms with Crippen molar-refractivity contribution in [3.63, 3.8) is 0 Å². The monoisotopic (exact) mass is 302 g/mol. The molecule has 0 aliphatic heterocycles. The van der Waals surface area contributed by atoms with Crippen molar-refractivity contribution in [2.45, 2.75) is 53.1 Å². The average Bonchev–Trinajstić information content (AvgIpc) is 2.46. The lowest BCUT2D eigenvalue weighted by atomic mass is 9.75. The Balaban J connectivity index is 2.18. The van der Waals surface area contributed by atoms with Gasteiger partial charge in [-0.2, -0.15) is 0 Å². The van der Waals surface area contributed by atoms with Gasteiger partial charge in [-0.15, -0.1) is 0 Å². The van der Waals surface area contributed by atoms with E-state index in [-0.39, 0.29) is 17.9 Å². The standard InChI is InChI=1S/C19H26O3/c1-12(2)15-10-9-13(3)11-18(15)22-19(21)17-8-6-5-7-16(17)14(4)20/h5-8,12-13,15,18H,9-11H2,1-4H3/t13-,15+,18-/m1/s1. The average molecular weight is 302 g/mol. The maximum atomic E-state index is 12.5. The Hall–Kier alpha value is -1.64. The second-order valence-electron chi connectivity index (χ2n) is 6.87. The van der Waals surface area contributed by atoms with Gasteiger partial charge in [0, 0.05) is 5.56 Å². The molecule has 22 heavy (non-hydrogen) atoms. The smallest absolute Gasteiger partial charge is 0.339 e. The highest BCUT2D eigenvalue weighted by Crippen LogP contribution is 2.35. The molecule has 3 heteroatoms. The van der Waals surface area contributed by atoms with Crippen molar-refractivity contribution in [1.29, 1.82) is 0 Å². The first kappa shape index (κ1) is 16.7. The molecule has 1 saturated carbocycles. The van der Waals surface area contributed by atoms with Gasteiger partial charge in [-0.1, -0.05) is 45.4 Å². The van der Waals surface area contributed by atoms with E-state index in [0.29, 0.717) is 28.9 Å². The molecule has 1 aromatic carbocycles. The van der Waals surface area contributed by atoms with Crippen LogP contribution in [0, 0.1) is 17.8 Å². The minimum atomic E-state index is -0.365. The normalized spacial score (nSPS) is 25.0. The van der Waals surface area contributed by atoms with Crippen molar-refractivity contribution >= 4 is 11.8 Å². The molecule has 0 heterocycles. The largest absolute Gasteiger partial charge is 0.458 e. The topological polar surface area (TPSA) is 43.4 Å². The Morgan fingerprint density at radius 2 is 1.77 bits per heavy atom. The highest BCUT2D eigenvalue weighted by molar-refractivity contribution is 6.05. The van der Waals surface area contributed by atoms with E-state index in [4.69, 9.17) is 4.74 Å². The second-order valence-corrected chi connectivity index (χ2v) is 6.87. The summed E-state index contributed by atoms with van der Waals surface area (Å²) >= 11 is 0. The van der Waals surface area contributed by atoms with E-state index < -0.39 is 0 Å². The van der Waals surface area contributed by atoms with Gasteiger partial charge in [-0.05, 0) is 43.6 Å². The molecular weight excluding hydrogens is 276 g/mol. The molecule has 0 bridgehead atoms. The third-order valence-corrected chi connectivity index (χ3v) is 4.75. The third kappa shape index (κ3) is 3.76. The summed E-state index contributed by atoms with van der Waals surface area (Å²) in [6, 6.07) is 6.90. The van der Waals surface area contributed by atoms with Crippen LogP contribution in [0.2, 0.25) is 0 Å². The number of Topliss-reactive ketones (excluding diaryl/α,β-unsaturated/α-hetero) is 1. The number of hydrogen-bond donors (Lipinski definition) is 0.